The average molecular weight is 345 g/mol. The molecule has 1 fully saturated rings. The van der Waals surface area contributed by atoms with E-state index in [9.17, 15) is 0 Å². The van der Waals surface area contributed by atoms with Gasteiger partial charge in [0.25, 0.3) is 0 Å². The van der Waals surface area contributed by atoms with Gasteiger partial charge >= 0.3 is 0 Å². The van der Waals surface area contributed by atoms with Crippen LogP contribution >= 0.6 is 27.7 Å². The highest BCUT2D eigenvalue weighted by atomic mass is 79.9. The van der Waals surface area contributed by atoms with Gasteiger partial charge in [0.05, 0.1) is 6.61 Å². The molecule has 5 heteroatoms. The summed E-state index contributed by atoms with van der Waals surface area (Å²) < 4.78 is 6.59. The van der Waals surface area contributed by atoms with E-state index in [1.165, 1.54) is 31.0 Å². The highest BCUT2D eigenvalue weighted by Gasteiger charge is 2.19. The normalized spacial score (nSPS) is 19.8. The van der Waals surface area contributed by atoms with Gasteiger partial charge in [0, 0.05) is 34.4 Å². The Kier molecular flexibility index (Phi) is 6.47. The molecule has 106 valence electrons. The third-order valence-corrected chi connectivity index (χ3v) is 4.98. The Bertz CT molecular complexity index is 374. The number of ether oxygens (including phenoxy) is 1. The number of aromatic nitrogens is 1. The van der Waals surface area contributed by atoms with Crippen molar-refractivity contribution in [3.63, 3.8) is 0 Å². The van der Waals surface area contributed by atoms with Crippen LogP contribution in [0.4, 0.5) is 0 Å². The van der Waals surface area contributed by atoms with Crippen LogP contribution in [0, 0.1) is 0 Å². The number of hydrogen-bond donors (Lipinski definition) is 0. The molecule has 0 radical (unpaired) electrons. The summed E-state index contributed by atoms with van der Waals surface area (Å²) in [4.78, 5) is 6.76. The van der Waals surface area contributed by atoms with E-state index >= 15 is 0 Å². The second-order valence-corrected chi connectivity index (χ2v) is 6.80. The first-order chi connectivity index (χ1) is 9.25. The molecule has 0 amide bonds. The molecule has 1 aromatic heterocycles. The van der Waals surface area contributed by atoms with Gasteiger partial charge in [-0.15, -0.1) is 11.8 Å². The van der Waals surface area contributed by atoms with E-state index in [1.807, 2.05) is 23.9 Å². The molecule has 2 heterocycles. The summed E-state index contributed by atoms with van der Waals surface area (Å²) in [7, 11) is 0. The van der Waals surface area contributed by atoms with Gasteiger partial charge in [-0.1, -0.05) is 0 Å². The maximum atomic E-state index is 5.60. The minimum Gasteiger partial charge on any atom is -0.478 e. The van der Waals surface area contributed by atoms with Crippen molar-refractivity contribution in [1.29, 1.82) is 0 Å². The van der Waals surface area contributed by atoms with Crippen LogP contribution in [0.3, 0.4) is 0 Å². The fraction of sp³-hybridized carbons (Fsp3) is 0.643. The molecule has 1 unspecified atom stereocenters. The van der Waals surface area contributed by atoms with E-state index in [0.29, 0.717) is 5.88 Å². The molecule has 3 nitrogen and oxygen atoms in total. The summed E-state index contributed by atoms with van der Waals surface area (Å²) in [6.45, 7) is 4.31. The van der Waals surface area contributed by atoms with Crippen LogP contribution in [-0.2, 0) is 0 Å². The number of hydrogen-bond acceptors (Lipinski definition) is 4. The third kappa shape index (κ3) is 5.32. The Hall–Kier alpha value is -0.260. The highest BCUT2D eigenvalue weighted by Crippen LogP contribution is 2.20. The molecule has 0 aliphatic carbocycles. The lowest BCUT2D eigenvalue weighted by Gasteiger charge is -2.19. The van der Waals surface area contributed by atoms with Crippen molar-refractivity contribution in [1.82, 2.24) is 9.88 Å². The molecular formula is C14H21BrN2OS. The number of thioether (sulfide) groups is 1. The van der Waals surface area contributed by atoms with Crippen molar-refractivity contribution in [3.05, 3.63) is 22.8 Å². The first-order valence-corrected chi connectivity index (χ1v) is 8.76. The molecule has 1 aromatic rings. The minimum absolute atomic E-state index is 0.716. The fourth-order valence-corrected chi connectivity index (χ4v) is 3.59. The van der Waals surface area contributed by atoms with Crippen LogP contribution in [0.15, 0.2) is 22.8 Å². The van der Waals surface area contributed by atoms with Crippen molar-refractivity contribution >= 4 is 27.7 Å². The molecule has 1 aliphatic heterocycles. The number of nitrogens with zero attached hydrogens (tertiary/aromatic N) is 2. The lowest BCUT2D eigenvalue weighted by Crippen LogP contribution is -2.29. The fourth-order valence-electron chi connectivity index (χ4n) is 2.08. The monoisotopic (exact) mass is 344 g/mol. The topological polar surface area (TPSA) is 25.4 Å². The zero-order chi connectivity index (χ0) is 13.5. The Morgan fingerprint density at radius 1 is 1.42 bits per heavy atom. The number of pyridine rings is 1. The predicted molar refractivity (Wildman–Crippen MR) is 84.8 cm³/mol. The van der Waals surface area contributed by atoms with Gasteiger partial charge in [-0.05, 0) is 54.7 Å². The number of unbranched alkanes of at least 4 members (excludes halogenated alkanes) is 2. The summed E-state index contributed by atoms with van der Waals surface area (Å²) in [5, 5.41) is 0. The summed E-state index contributed by atoms with van der Waals surface area (Å²) in [6.07, 6.45) is 5.36. The Balaban J connectivity index is 1.51. The predicted octanol–water partition coefficient (Wildman–Crippen LogP) is 3.79. The molecule has 1 saturated heterocycles. The summed E-state index contributed by atoms with van der Waals surface area (Å²) in [6, 6.07) is 4.61. The van der Waals surface area contributed by atoms with E-state index in [2.05, 4.69) is 32.7 Å². The molecule has 0 aromatic carbocycles. The Morgan fingerprint density at radius 2 is 2.32 bits per heavy atom. The van der Waals surface area contributed by atoms with Gasteiger partial charge in [0.1, 0.15) is 0 Å². The van der Waals surface area contributed by atoms with Crippen LogP contribution < -0.4 is 4.74 Å². The first kappa shape index (κ1) is 15.1. The quantitative estimate of drug-likeness (QED) is 0.702. The number of rotatable bonds is 7. The smallest absolute Gasteiger partial charge is 0.213 e. The Labute approximate surface area is 128 Å². The third-order valence-electron chi connectivity index (χ3n) is 3.28. The van der Waals surface area contributed by atoms with E-state index in [4.69, 9.17) is 4.74 Å². The summed E-state index contributed by atoms with van der Waals surface area (Å²) in [5.74, 6) is 3.21. The van der Waals surface area contributed by atoms with E-state index in [0.717, 1.165) is 23.5 Å². The molecule has 1 atom stereocenters. The van der Waals surface area contributed by atoms with Crippen LogP contribution in [0.1, 0.15) is 26.2 Å². The maximum absolute atomic E-state index is 5.60. The number of halogens is 1. The molecule has 19 heavy (non-hydrogen) atoms. The molecular weight excluding hydrogens is 324 g/mol. The standard InChI is InChI=1S/C14H21BrN2OS/c1-12-10-19-11-17(12)7-3-2-4-8-18-14-6-5-13(15)9-16-14/h5-6,9,12H,2-4,7-8,10-11H2,1H3. The zero-order valence-corrected chi connectivity index (χ0v) is 13.8. The van der Waals surface area contributed by atoms with Crippen molar-refractivity contribution < 1.29 is 4.74 Å². The second-order valence-electron chi connectivity index (χ2n) is 4.89. The van der Waals surface area contributed by atoms with Gasteiger partial charge in [-0.2, -0.15) is 0 Å². The molecule has 0 saturated carbocycles. The lowest BCUT2D eigenvalue weighted by atomic mass is 10.2. The SMILES string of the molecule is CC1CSCN1CCCCCOc1ccc(Br)cn1. The van der Waals surface area contributed by atoms with Crippen LogP contribution in [-0.4, -0.2) is 40.7 Å². The van der Waals surface area contributed by atoms with Crippen molar-refractivity contribution in [2.75, 3.05) is 24.8 Å². The molecule has 2 rings (SSSR count). The van der Waals surface area contributed by atoms with Crippen LogP contribution in [0.25, 0.3) is 0 Å². The van der Waals surface area contributed by atoms with Gasteiger partial charge in [0.15, 0.2) is 0 Å². The van der Waals surface area contributed by atoms with Gasteiger partial charge in [-0.3, -0.25) is 4.90 Å². The van der Waals surface area contributed by atoms with Crippen molar-refractivity contribution in [3.8, 4) is 5.88 Å². The molecule has 1 aliphatic rings. The summed E-state index contributed by atoms with van der Waals surface area (Å²) >= 11 is 5.41. The van der Waals surface area contributed by atoms with Gasteiger partial charge < -0.3 is 4.74 Å². The summed E-state index contributed by atoms with van der Waals surface area (Å²) in [5.41, 5.74) is 0. The van der Waals surface area contributed by atoms with E-state index < -0.39 is 0 Å². The van der Waals surface area contributed by atoms with Crippen molar-refractivity contribution in [2.45, 2.75) is 32.2 Å². The van der Waals surface area contributed by atoms with E-state index in [1.54, 1.807) is 6.20 Å². The van der Waals surface area contributed by atoms with E-state index in [-0.39, 0.29) is 0 Å². The average Bonchev–Trinajstić information content (AvgIpc) is 2.81. The van der Waals surface area contributed by atoms with Gasteiger partial charge in [-0.25, -0.2) is 4.98 Å². The van der Waals surface area contributed by atoms with Crippen LogP contribution in [0.2, 0.25) is 0 Å². The van der Waals surface area contributed by atoms with Crippen LogP contribution in [0.5, 0.6) is 5.88 Å². The highest BCUT2D eigenvalue weighted by molar-refractivity contribution is 9.10. The largest absolute Gasteiger partial charge is 0.478 e. The second kappa shape index (κ2) is 8.12. The molecule has 0 N–H and O–H groups in total. The minimum atomic E-state index is 0.716. The first-order valence-electron chi connectivity index (χ1n) is 6.82. The Morgan fingerprint density at radius 3 is 3.00 bits per heavy atom. The zero-order valence-electron chi connectivity index (χ0n) is 11.3. The molecule has 0 bridgehead atoms. The van der Waals surface area contributed by atoms with Gasteiger partial charge in [0.2, 0.25) is 5.88 Å². The lowest BCUT2D eigenvalue weighted by molar-refractivity contribution is 0.261. The molecule has 0 spiro atoms. The van der Waals surface area contributed by atoms with Crippen molar-refractivity contribution in [2.24, 2.45) is 0 Å². The maximum Gasteiger partial charge on any atom is 0.213 e.